The molecule has 0 amide bonds. The third-order valence-corrected chi connectivity index (χ3v) is 3.10. The van der Waals surface area contributed by atoms with E-state index in [1.165, 1.54) is 11.9 Å². The van der Waals surface area contributed by atoms with Crippen molar-refractivity contribution in [2.45, 2.75) is 4.90 Å². The highest BCUT2D eigenvalue weighted by atomic mass is 35.5. The summed E-state index contributed by atoms with van der Waals surface area (Å²) in [6.07, 6.45) is 0. The van der Waals surface area contributed by atoms with Crippen LogP contribution in [0.3, 0.4) is 0 Å². The van der Waals surface area contributed by atoms with Crippen molar-refractivity contribution in [3.63, 3.8) is 0 Å². The molecule has 0 saturated carbocycles. The van der Waals surface area contributed by atoms with Gasteiger partial charge in [0.2, 0.25) is 0 Å². The van der Waals surface area contributed by atoms with Gasteiger partial charge >= 0.3 is 0 Å². The van der Waals surface area contributed by atoms with Crippen LogP contribution in [-0.4, -0.2) is 0 Å². The third-order valence-electron chi connectivity index (χ3n) is 2.02. The molecular formula is C12H8ClF2NS. The van der Waals surface area contributed by atoms with Crippen LogP contribution in [0.2, 0.25) is 5.02 Å². The number of rotatable bonds is 3. The molecule has 0 unspecified atom stereocenters. The summed E-state index contributed by atoms with van der Waals surface area (Å²) in [7, 11) is 0. The summed E-state index contributed by atoms with van der Waals surface area (Å²) in [5, 5.41) is 0.631. The largest absolute Gasteiger partial charge is 0.323 e. The highest BCUT2D eigenvalue weighted by molar-refractivity contribution is 8.00. The van der Waals surface area contributed by atoms with Crippen molar-refractivity contribution in [2.75, 3.05) is 4.72 Å². The molecule has 0 atom stereocenters. The monoisotopic (exact) mass is 271 g/mol. The van der Waals surface area contributed by atoms with Crippen LogP contribution in [0.1, 0.15) is 0 Å². The van der Waals surface area contributed by atoms with E-state index in [1.54, 1.807) is 24.3 Å². The van der Waals surface area contributed by atoms with E-state index in [9.17, 15) is 8.78 Å². The van der Waals surface area contributed by atoms with Gasteiger partial charge in [-0.1, -0.05) is 11.6 Å². The van der Waals surface area contributed by atoms with Crippen molar-refractivity contribution >= 4 is 29.2 Å². The molecule has 0 aromatic heterocycles. The highest BCUT2D eigenvalue weighted by Crippen LogP contribution is 2.24. The Morgan fingerprint density at radius 1 is 1.00 bits per heavy atom. The normalized spacial score (nSPS) is 10.3. The van der Waals surface area contributed by atoms with Crippen LogP contribution in [0.5, 0.6) is 0 Å². The van der Waals surface area contributed by atoms with Gasteiger partial charge in [0.15, 0.2) is 0 Å². The predicted molar refractivity (Wildman–Crippen MR) is 67.3 cm³/mol. The molecule has 1 N–H and O–H groups in total. The second-order valence-corrected chi connectivity index (χ2v) is 4.60. The molecular weight excluding hydrogens is 264 g/mol. The lowest BCUT2D eigenvalue weighted by atomic mass is 10.3. The van der Waals surface area contributed by atoms with E-state index < -0.39 is 11.6 Å². The van der Waals surface area contributed by atoms with Gasteiger partial charge in [-0.25, -0.2) is 8.78 Å². The number of hydrogen-bond acceptors (Lipinski definition) is 2. The van der Waals surface area contributed by atoms with Crippen LogP contribution < -0.4 is 4.72 Å². The Hall–Kier alpha value is -1.26. The molecule has 17 heavy (non-hydrogen) atoms. The van der Waals surface area contributed by atoms with E-state index in [0.717, 1.165) is 23.1 Å². The molecule has 5 heteroatoms. The minimum Gasteiger partial charge on any atom is -0.323 e. The first-order chi connectivity index (χ1) is 8.15. The Morgan fingerprint density at radius 3 is 2.41 bits per heavy atom. The lowest BCUT2D eigenvalue weighted by Crippen LogP contribution is -1.91. The highest BCUT2D eigenvalue weighted by Gasteiger charge is 2.03. The molecule has 0 saturated heterocycles. The molecule has 2 aromatic rings. The summed E-state index contributed by atoms with van der Waals surface area (Å²) in [5.74, 6) is -0.974. The summed E-state index contributed by atoms with van der Waals surface area (Å²) < 4.78 is 28.9. The minimum atomic E-state index is -0.493. The molecule has 88 valence electrons. The van der Waals surface area contributed by atoms with Gasteiger partial charge in [0, 0.05) is 16.0 Å². The fourth-order valence-electron chi connectivity index (χ4n) is 1.19. The number of hydrogen-bond donors (Lipinski definition) is 1. The molecule has 0 heterocycles. The fraction of sp³-hybridized carbons (Fsp3) is 0. The van der Waals surface area contributed by atoms with Crippen molar-refractivity contribution in [1.29, 1.82) is 0 Å². The summed E-state index contributed by atoms with van der Waals surface area (Å²) in [4.78, 5) is 0.859. The maximum Gasteiger partial charge on any atom is 0.147 e. The van der Waals surface area contributed by atoms with Gasteiger partial charge in [0.25, 0.3) is 0 Å². The van der Waals surface area contributed by atoms with Gasteiger partial charge in [-0.05, 0) is 48.3 Å². The van der Waals surface area contributed by atoms with Crippen molar-refractivity contribution in [1.82, 2.24) is 0 Å². The van der Waals surface area contributed by atoms with Crippen molar-refractivity contribution in [3.8, 4) is 0 Å². The van der Waals surface area contributed by atoms with Crippen molar-refractivity contribution in [3.05, 3.63) is 59.1 Å². The maximum absolute atomic E-state index is 13.3. The molecule has 0 aliphatic heterocycles. The van der Waals surface area contributed by atoms with E-state index in [1.807, 2.05) is 0 Å². The first-order valence-electron chi connectivity index (χ1n) is 4.78. The maximum atomic E-state index is 13.3. The zero-order valence-electron chi connectivity index (χ0n) is 8.58. The van der Waals surface area contributed by atoms with E-state index in [-0.39, 0.29) is 5.69 Å². The van der Waals surface area contributed by atoms with Gasteiger partial charge in [0.1, 0.15) is 11.6 Å². The zero-order chi connectivity index (χ0) is 12.3. The summed E-state index contributed by atoms with van der Waals surface area (Å²) >= 11 is 6.93. The van der Waals surface area contributed by atoms with Gasteiger partial charge < -0.3 is 4.72 Å². The van der Waals surface area contributed by atoms with E-state index in [0.29, 0.717) is 5.02 Å². The second kappa shape index (κ2) is 5.38. The SMILES string of the molecule is Fc1ccc(F)c(NSc2ccc(Cl)cc2)c1. The molecule has 2 rings (SSSR count). The van der Waals surface area contributed by atoms with Crippen molar-refractivity contribution in [2.24, 2.45) is 0 Å². The topological polar surface area (TPSA) is 12.0 Å². The zero-order valence-corrected chi connectivity index (χ0v) is 10.2. The van der Waals surface area contributed by atoms with Gasteiger partial charge in [-0.3, -0.25) is 0 Å². The van der Waals surface area contributed by atoms with Gasteiger partial charge in [-0.2, -0.15) is 0 Å². The smallest absolute Gasteiger partial charge is 0.147 e. The molecule has 0 spiro atoms. The number of anilines is 1. The lowest BCUT2D eigenvalue weighted by Gasteiger charge is -2.06. The van der Waals surface area contributed by atoms with E-state index in [4.69, 9.17) is 11.6 Å². The van der Waals surface area contributed by atoms with Crippen molar-refractivity contribution < 1.29 is 8.78 Å². The summed E-state index contributed by atoms with van der Waals surface area (Å²) in [6.45, 7) is 0. The second-order valence-electron chi connectivity index (χ2n) is 3.28. The average molecular weight is 272 g/mol. The summed E-state index contributed by atoms with van der Waals surface area (Å²) in [5.41, 5.74) is 0.116. The predicted octanol–water partition coefficient (Wildman–Crippen LogP) is 4.74. The van der Waals surface area contributed by atoms with Crippen LogP contribution >= 0.6 is 23.5 Å². The number of nitrogens with one attached hydrogen (secondary N) is 1. The van der Waals surface area contributed by atoms with Crippen LogP contribution in [0, 0.1) is 11.6 Å². The van der Waals surface area contributed by atoms with Gasteiger partial charge in [-0.15, -0.1) is 0 Å². The minimum absolute atomic E-state index is 0.116. The first kappa shape index (κ1) is 12.2. The standard InChI is InChI=1S/C12H8ClF2NS/c13-8-1-4-10(5-2-8)17-16-12-7-9(14)3-6-11(12)15/h1-7,16H. The average Bonchev–Trinajstić information content (AvgIpc) is 2.32. The van der Waals surface area contributed by atoms with Crippen LogP contribution in [0.15, 0.2) is 47.4 Å². The van der Waals surface area contributed by atoms with Gasteiger partial charge in [0.05, 0.1) is 5.69 Å². The first-order valence-corrected chi connectivity index (χ1v) is 5.98. The van der Waals surface area contributed by atoms with E-state index >= 15 is 0 Å². The molecule has 0 bridgehead atoms. The van der Waals surface area contributed by atoms with Crippen LogP contribution in [-0.2, 0) is 0 Å². The molecule has 0 aliphatic carbocycles. The van der Waals surface area contributed by atoms with E-state index in [2.05, 4.69) is 4.72 Å². The quantitative estimate of drug-likeness (QED) is 0.810. The fourth-order valence-corrected chi connectivity index (χ4v) is 1.97. The van der Waals surface area contributed by atoms with Crippen LogP contribution in [0.25, 0.3) is 0 Å². The molecule has 0 fully saturated rings. The summed E-state index contributed by atoms with van der Waals surface area (Å²) in [6, 6.07) is 10.3. The Kier molecular flexibility index (Phi) is 3.86. The Labute approximate surface area is 107 Å². The Balaban J connectivity index is 2.07. The van der Waals surface area contributed by atoms with Crippen LogP contribution in [0.4, 0.5) is 14.5 Å². The number of halogens is 3. The lowest BCUT2D eigenvalue weighted by molar-refractivity contribution is 0.604. The molecule has 0 radical (unpaired) electrons. The Morgan fingerprint density at radius 2 is 1.71 bits per heavy atom. The third kappa shape index (κ3) is 3.35. The molecule has 0 aliphatic rings. The Bertz CT molecular complexity index is 516. The molecule has 1 nitrogen and oxygen atoms in total. The number of benzene rings is 2. The molecule has 2 aromatic carbocycles.